The molecule has 0 atom stereocenters. The maximum Gasteiger partial charge on any atom is 0.246 e. The molecule has 0 fully saturated rings. The molecule has 0 spiro atoms. The molecule has 0 aliphatic carbocycles. The van der Waals surface area contributed by atoms with E-state index in [-0.39, 0.29) is 12.5 Å². The summed E-state index contributed by atoms with van der Waals surface area (Å²) < 4.78 is 7.08. The molecule has 136 valence electrons. The molecule has 8 heteroatoms. The minimum Gasteiger partial charge on any atom is -0.464 e. The van der Waals surface area contributed by atoms with Gasteiger partial charge in [0.1, 0.15) is 12.3 Å². The smallest absolute Gasteiger partial charge is 0.246 e. The van der Waals surface area contributed by atoms with Crippen LogP contribution in [0.5, 0.6) is 0 Å². The monoisotopic (exact) mass is 400 g/mol. The van der Waals surface area contributed by atoms with Crippen LogP contribution in [0.1, 0.15) is 5.69 Å². The number of benzene rings is 1. The molecular formula is C19H14Cl2N4O2. The van der Waals surface area contributed by atoms with Crippen LogP contribution in [0.3, 0.4) is 0 Å². The van der Waals surface area contributed by atoms with Crippen molar-refractivity contribution in [2.45, 2.75) is 13.5 Å². The zero-order valence-electron chi connectivity index (χ0n) is 14.2. The Morgan fingerprint density at radius 3 is 2.81 bits per heavy atom. The quantitative estimate of drug-likeness (QED) is 0.526. The summed E-state index contributed by atoms with van der Waals surface area (Å²) in [6, 6.07) is 10.5. The van der Waals surface area contributed by atoms with Gasteiger partial charge in [-0.05, 0) is 43.3 Å². The number of nitrogens with zero attached hydrogens (tertiary/aromatic N) is 3. The second-order valence-electron chi connectivity index (χ2n) is 5.95. The average molecular weight is 401 g/mol. The molecule has 3 aromatic heterocycles. The number of hydrogen-bond donors (Lipinski definition) is 1. The lowest BCUT2D eigenvalue weighted by atomic mass is 10.1. The maximum atomic E-state index is 12.5. The first kappa shape index (κ1) is 17.6. The molecule has 4 aromatic rings. The van der Waals surface area contributed by atoms with Crippen LogP contribution in [0.4, 0.5) is 5.69 Å². The average Bonchev–Trinajstić information content (AvgIpc) is 3.27. The number of carbonyl (C=O) groups excluding carboxylic acids is 1. The van der Waals surface area contributed by atoms with E-state index >= 15 is 0 Å². The molecule has 1 aromatic carbocycles. The number of amides is 1. The number of carbonyl (C=O) groups is 1. The molecule has 0 unspecified atom stereocenters. The van der Waals surface area contributed by atoms with E-state index in [1.54, 1.807) is 35.3 Å². The van der Waals surface area contributed by atoms with E-state index in [9.17, 15) is 4.79 Å². The lowest BCUT2D eigenvalue weighted by molar-refractivity contribution is -0.116. The Morgan fingerprint density at radius 2 is 2.07 bits per heavy atom. The highest BCUT2D eigenvalue weighted by molar-refractivity contribution is 6.42. The molecule has 1 amide bonds. The Balaban J connectivity index is 1.63. The number of rotatable bonds is 4. The van der Waals surface area contributed by atoms with Crippen molar-refractivity contribution in [3.05, 3.63) is 64.6 Å². The van der Waals surface area contributed by atoms with Crippen LogP contribution in [-0.4, -0.2) is 20.7 Å². The molecule has 0 aliphatic heterocycles. The molecule has 0 radical (unpaired) electrons. The Hall–Kier alpha value is -2.83. The van der Waals surface area contributed by atoms with E-state index in [0.29, 0.717) is 21.4 Å². The minimum absolute atomic E-state index is 0.0131. The molecule has 3 heterocycles. The lowest BCUT2D eigenvalue weighted by Crippen LogP contribution is -2.19. The summed E-state index contributed by atoms with van der Waals surface area (Å²) in [4.78, 5) is 16.8. The zero-order valence-corrected chi connectivity index (χ0v) is 15.8. The first-order valence-corrected chi connectivity index (χ1v) is 8.89. The molecular weight excluding hydrogens is 387 g/mol. The number of nitrogens with one attached hydrogen (secondary N) is 1. The predicted octanol–water partition coefficient (Wildman–Crippen LogP) is 4.95. The van der Waals surface area contributed by atoms with Crippen molar-refractivity contribution in [3.63, 3.8) is 0 Å². The van der Waals surface area contributed by atoms with E-state index in [2.05, 4.69) is 15.4 Å². The molecule has 0 aliphatic rings. The summed E-state index contributed by atoms with van der Waals surface area (Å²) in [5.41, 5.74) is 2.84. The summed E-state index contributed by atoms with van der Waals surface area (Å²) in [5.74, 6) is 0.480. The number of fused-ring (bicyclic) bond motifs is 1. The van der Waals surface area contributed by atoms with Gasteiger partial charge in [0.05, 0.1) is 27.4 Å². The van der Waals surface area contributed by atoms with E-state index in [1.165, 1.54) is 0 Å². The second kappa shape index (κ2) is 7.06. The third-order valence-electron chi connectivity index (χ3n) is 4.09. The van der Waals surface area contributed by atoms with Gasteiger partial charge in [0.25, 0.3) is 0 Å². The van der Waals surface area contributed by atoms with Gasteiger partial charge in [0.2, 0.25) is 5.91 Å². The van der Waals surface area contributed by atoms with E-state index in [4.69, 9.17) is 27.6 Å². The SMILES string of the molecule is Cc1nn(CC(=O)Nc2ccc(Cl)c(Cl)c2)c2nccc(-c3ccco3)c12. The largest absolute Gasteiger partial charge is 0.464 e. The normalized spacial score (nSPS) is 11.1. The van der Waals surface area contributed by atoms with Crippen molar-refractivity contribution in [1.82, 2.24) is 14.8 Å². The Labute approximate surface area is 164 Å². The summed E-state index contributed by atoms with van der Waals surface area (Å²) in [6.07, 6.45) is 3.29. The second-order valence-corrected chi connectivity index (χ2v) is 6.77. The Kier molecular flexibility index (Phi) is 4.59. The van der Waals surface area contributed by atoms with Crippen LogP contribution in [0.25, 0.3) is 22.4 Å². The number of anilines is 1. The highest BCUT2D eigenvalue weighted by Crippen LogP contribution is 2.30. The van der Waals surface area contributed by atoms with E-state index in [1.807, 2.05) is 25.1 Å². The van der Waals surface area contributed by atoms with Gasteiger partial charge in [-0.3, -0.25) is 4.79 Å². The number of pyridine rings is 1. The molecule has 0 saturated carbocycles. The fourth-order valence-corrected chi connectivity index (χ4v) is 3.24. The first-order valence-electron chi connectivity index (χ1n) is 8.14. The fourth-order valence-electron chi connectivity index (χ4n) is 2.94. The zero-order chi connectivity index (χ0) is 19.0. The maximum absolute atomic E-state index is 12.5. The third-order valence-corrected chi connectivity index (χ3v) is 4.83. The molecule has 0 saturated heterocycles. The third kappa shape index (κ3) is 3.41. The first-order chi connectivity index (χ1) is 13.0. The lowest BCUT2D eigenvalue weighted by Gasteiger charge is -2.07. The van der Waals surface area contributed by atoms with Gasteiger partial charge >= 0.3 is 0 Å². The molecule has 1 N–H and O–H groups in total. The van der Waals surface area contributed by atoms with Gasteiger partial charge < -0.3 is 9.73 Å². The van der Waals surface area contributed by atoms with Crippen LogP contribution in [0.15, 0.2) is 53.3 Å². The van der Waals surface area contributed by atoms with Crippen molar-refractivity contribution >= 4 is 45.8 Å². The van der Waals surface area contributed by atoms with Crippen molar-refractivity contribution in [2.75, 3.05) is 5.32 Å². The van der Waals surface area contributed by atoms with Gasteiger partial charge in [-0.25, -0.2) is 9.67 Å². The van der Waals surface area contributed by atoms with Gasteiger partial charge in [-0.15, -0.1) is 0 Å². The van der Waals surface area contributed by atoms with Crippen molar-refractivity contribution < 1.29 is 9.21 Å². The van der Waals surface area contributed by atoms with Gasteiger partial charge in [0, 0.05) is 17.4 Å². The van der Waals surface area contributed by atoms with Gasteiger partial charge in [0.15, 0.2) is 5.65 Å². The highest BCUT2D eigenvalue weighted by Gasteiger charge is 2.17. The van der Waals surface area contributed by atoms with Crippen molar-refractivity contribution in [1.29, 1.82) is 0 Å². The number of halogens is 2. The minimum atomic E-state index is -0.247. The van der Waals surface area contributed by atoms with E-state index < -0.39 is 0 Å². The van der Waals surface area contributed by atoms with Crippen LogP contribution < -0.4 is 5.32 Å². The number of furan rings is 1. The number of aromatic nitrogens is 3. The van der Waals surface area contributed by atoms with Crippen LogP contribution in [0, 0.1) is 6.92 Å². The van der Waals surface area contributed by atoms with E-state index in [0.717, 1.165) is 22.4 Å². The number of hydrogen-bond acceptors (Lipinski definition) is 4. The molecule has 4 rings (SSSR count). The highest BCUT2D eigenvalue weighted by atomic mass is 35.5. The van der Waals surface area contributed by atoms with Crippen LogP contribution >= 0.6 is 23.2 Å². The number of aryl methyl sites for hydroxylation is 1. The summed E-state index contributed by atoms with van der Waals surface area (Å²) in [5, 5.41) is 8.92. The van der Waals surface area contributed by atoms with Gasteiger partial charge in [-0.2, -0.15) is 5.10 Å². The molecule has 0 bridgehead atoms. The summed E-state index contributed by atoms with van der Waals surface area (Å²) in [6.45, 7) is 1.89. The summed E-state index contributed by atoms with van der Waals surface area (Å²) in [7, 11) is 0. The van der Waals surface area contributed by atoms with Gasteiger partial charge in [-0.1, -0.05) is 23.2 Å². The summed E-state index contributed by atoms with van der Waals surface area (Å²) >= 11 is 11.9. The standard InChI is InChI=1S/C19H14Cl2N4O2/c1-11-18-13(16-3-2-8-27-16)6-7-22-19(18)25(24-11)10-17(26)23-12-4-5-14(20)15(21)9-12/h2-9H,10H2,1H3,(H,23,26). The predicted molar refractivity (Wildman–Crippen MR) is 105 cm³/mol. The van der Waals surface area contributed by atoms with Crippen LogP contribution in [0.2, 0.25) is 10.0 Å². The Morgan fingerprint density at radius 1 is 1.22 bits per heavy atom. The van der Waals surface area contributed by atoms with Crippen molar-refractivity contribution in [2.24, 2.45) is 0 Å². The Bertz CT molecular complexity index is 1140. The molecule has 6 nitrogen and oxygen atoms in total. The molecule has 27 heavy (non-hydrogen) atoms. The topological polar surface area (TPSA) is 73.0 Å². The fraction of sp³-hybridized carbons (Fsp3) is 0.105. The van der Waals surface area contributed by atoms with Crippen molar-refractivity contribution in [3.8, 4) is 11.3 Å². The van der Waals surface area contributed by atoms with Crippen LogP contribution in [-0.2, 0) is 11.3 Å².